The summed E-state index contributed by atoms with van der Waals surface area (Å²) < 4.78 is 0. The van der Waals surface area contributed by atoms with Crippen LogP contribution in [0.25, 0.3) is 0 Å². The number of amidine groups is 1. The Bertz CT molecular complexity index is 399. The number of rotatable bonds is 0. The number of aromatic nitrogens is 1. The molecular weight excluding hydrogens is 168 g/mol. The Labute approximate surface area is 74.8 Å². The third-order valence-corrected chi connectivity index (χ3v) is 1.76. The molecule has 0 aliphatic carbocycles. The zero-order valence-corrected chi connectivity index (χ0v) is 6.81. The van der Waals surface area contributed by atoms with Crippen molar-refractivity contribution in [1.29, 1.82) is 0 Å². The second-order valence-electron chi connectivity index (χ2n) is 2.60. The van der Waals surface area contributed by atoms with E-state index in [-0.39, 0.29) is 5.82 Å². The van der Waals surface area contributed by atoms with Gasteiger partial charge < -0.3 is 5.73 Å². The lowest BCUT2D eigenvalue weighted by molar-refractivity contribution is 0.278. The fraction of sp³-hybridized carbons (Fsp3) is 0. The summed E-state index contributed by atoms with van der Waals surface area (Å²) in [4.78, 5) is 7.80. The van der Waals surface area contributed by atoms with Crippen molar-refractivity contribution in [2.24, 2.45) is 10.7 Å². The maximum Gasteiger partial charge on any atom is 0.170 e. The number of nitrogens with two attached hydrogens (primary N) is 1. The highest BCUT2D eigenvalue weighted by molar-refractivity contribution is 6.03. The summed E-state index contributed by atoms with van der Waals surface area (Å²) in [7, 11) is 0. The van der Waals surface area contributed by atoms with Gasteiger partial charge in [-0.3, -0.25) is 5.21 Å². The number of aliphatic imine (C=N–C) groups is 1. The first-order chi connectivity index (χ1) is 6.20. The highest BCUT2D eigenvalue weighted by atomic mass is 16.5. The number of hydrogen-bond acceptors (Lipinski definition) is 5. The second kappa shape index (κ2) is 2.56. The Balaban J connectivity index is 2.65. The molecule has 5 heteroatoms. The van der Waals surface area contributed by atoms with Gasteiger partial charge in [-0.1, -0.05) is 6.58 Å². The Kier molecular flexibility index (Phi) is 1.53. The van der Waals surface area contributed by atoms with Crippen LogP contribution in [0.15, 0.2) is 35.7 Å². The van der Waals surface area contributed by atoms with Crippen molar-refractivity contribution >= 4 is 11.7 Å². The summed E-state index contributed by atoms with van der Waals surface area (Å²) in [5, 5.41) is 10.3. The first-order valence-corrected chi connectivity index (χ1v) is 3.67. The van der Waals surface area contributed by atoms with Gasteiger partial charge in [-0.05, 0) is 12.1 Å². The smallest absolute Gasteiger partial charge is 0.170 e. The molecule has 3 N–H and O–H groups in total. The summed E-state index contributed by atoms with van der Waals surface area (Å²) in [6, 6.07) is 3.46. The lowest BCUT2D eigenvalue weighted by Gasteiger charge is -2.22. The van der Waals surface area contributed by atoms with Crippen molar-refractivity contribution in [3.8, 4) is 0 Å². The van der Waals surface area contributed by atoms with E-state index < -0.39 is 0 Å². The van der Waals surface area contributed by atoms with Crippen molar-refractivity contribution in [1.82, 2.24) is 4.98 Å². The second-order valence-corrected chi connectivity index (χ2v) is 2.60. The maximum absolute atomic E-state index is 9.46. The van der Waals surface area contributed by atoms with Crippen LogP contribution in [0.1, 0.15) is 5.56 Å². The van der Waals surface area contributed by atoms with Gasteiger partial charge in [0.25, 0.3) is 0 Å². The molecule has 0 spiro atoms. The average Bonchev–Trinajstić information content (AvgIpc) is 2.15. The SMILES string of the molecule is C=C1N=C(N)c2cccnc2N1O. The van der Waals surface area contributed by atoms with E-state index in [0.29, 0.717) is 17.2 Å². The monoisotopic (exact) mass is 176 g/mol. The van der Waals surface area contributed by atoms with Gasteiger partial charge in [0, 0.05) is 6.20 Å². The Morgan fingerprint density at radius 1 is 1.54 bits per heavy atom. The molecule has 66 valence electrons. The fourth-order valence-electron chi connectivity index (χ4n) is 1.13. The highest BCUT2D eigenvalue weighted by Crippen LogP contribution is 2.23. The molecule has 1 aromatic rings. The Hall–Kier alpha value is -1.88. The first kappa shape index (κ1) is 7.75. The molecule has 2 heterocycles. The molecule has 0 bridgehead atoms. The largest absolute Gasteiger partial charge is 0.383 e. The van der Waals surface area contributed by atoms with Crippen LogP contribution in [0.2, 0.25) is 0 Å². The minimum atomic E-state index is 0.170. The summed E-state index contributed by atoms with van der Waals surface area (Å²) in [6.07, 6.45) is 1.56. The van der Waals surface area contributed by atoms with E-state index in [2.05, 4.69) is 16.6 Å². The van der Waals surface area contributed by atoms with E-state index in [1.165, 1.54) is 0 Å². The molecule has 0 aromatic carbocycles. The van der Waals surface area contributed by atoms with E-state index in [4.69, 9.17) is 5.73 Å². The summed E-state index contributed by atoms with van der Waals surface area (Å²) in [5.74, 6) is 0.849. The number of pyridine rings is 1. The van der Waals surface area contributed by atoms with Gasteiger partial charge in [0.1, 0.15) is 5.84 Å². The zero-order chi connectivity index (χ0) is 9.42. The molecule has 0 fully saturated rings. The van der Waals surface area contributed by atoms with Gasteiger partial charge in [-0.25, -0.2) is 9.98 Å². The third-order valence-electron chi connectivity index (χ3n) is 1.76. The van der Waals surface area contributed by atoms with Gasteiger partial charge in [0.2, 0.25) is 0 Å². The molecule has 1 aromatic heterocycles. The van der Waals surface area contributed by atoms with E-state index in [1.54, 1.807) is 18.3 Å². The predicted molar refractivity (Wildman–Crippen MR) is 48.4 cm³/mol. The molecule has 13 heavy (non-hydrogen) atoms. The van der Waals surface area contributed by atoms with Gasteiger partial charge in [-0.15, -0.1) is 0 Å². The van der Waals surface area contributed by atoms with Crippen LogP contribution in [0.5, 0.6) is 0 Å². The van der Waals surface area contributed by atoms with Crippen LogP contribution in [0, 0.1) is 0 Å². The number of fused-ring (bicyclic) bond motifs is 1. The van der Waals surface area contributed by atoms with Crippen LogP contribution >= 0.6 is 0 Å². The molecule has 2 rings (SSSR count). The minimum absolute atomic E-state index is 0.170. The van der Waals surface area contributed by atoms with Crippen LogP contribution in [-0.2, 0) is 0 Å². The number of hydroxylamine groups is 1. The molecule has 0 saturated heterocycles. The Morgan fingerprint density at radius 3 is 3.08 bits per heavy atom. The van der Waals surface area contributed by atoms with E-state index >= 15 is 0 Å². The molecule has 1 aliphatic rings. The number of anilines is 1. The standard InChI is InChI=1S/C8H8N4O/c1-5-11-7(9)6-3-2-4-10-8(6)12(5)13/h2-4,13H,1H2,(H2,9,11). The lowest BCUT2D eigenvalue weighted by atomic mass is 10.2. The van der Waals surface area contributed by atoms with Crippen LogP contribution < -0.4 is 10.8 Å². The number of hydrogen-bond donors (Lipinski definition) is 2. The predicted octanol–water partition coefficient (Wildman–Crippen LogP) is 0.467. The summed E-state index contributed by atoms with van der Waals surface area (Å²) >= 11 is 0. The van der Waals surface area contributed by atoms with E-state index in [1.807, 2.05) is 0 Å². The average molecular weight is 176 g/mol. The lowest BCUT2D eigenvalue weighted by Crippen LogP contribution is -2.29. The van der Waals surface area contributed by atoms with E-state index in [0.717, 1.165) is 5.06 Å². The molecule has 0 amide bonds. The van der Waals surface area contributed by atoms with E-state index in [9.17, 15) is 5.21 Å². The van der Waals surface area contributed by atoms with Crippen molar-refractivity contribution in [3.05, 3.63) is 36.3 Å². The maximum atomic E-state index is 9.46. The van der Waals surface area contributed by atoms with Gasteiger partial charge >= 0.3 is 0 Å². The molecule has 0 saturated carbocycles. The third kappa shape index (κ3) is 1.06. The van der Waals surface area contributed by atoms with Crippen molar-refractivity contribution in [2.45, 2.75) is 0 Å². The Morgan fingerprint density at radius 2 is 2.31 bits per heavy atom. The normalized spacial score (nSPS) is 15.3. The fourth-order valence-corrected chi connectivity index (χ4v) is 1.13. The van der Waals surface area contributed by atoms with Gasteiger partial charge in [-0.2, -0.15) is 5.06 Å². The molecule has 0 atom stereocenters. The van der Waals surface area contributed by atoms with Crippen molar-refractivity contribution in [3.63, 3.8) is 0 Å². The zero-order valence-electron chi connectivity index (χ0n) is 6.81. The molecule has 0 unspecified atom stereocenters. The molecule has 5 nitrogen and oxygen atoms in total. The summed E-state index contributed by atoms with van der Waals surface area (Å²) in [6.45, 7) is 3.51. The molecule has 0 radical (unpaired) electrons. The first-order valence-electron chi connectivity index (χ1n) is 3.67. The van der Waals surface area contributed by atoms with Gasteiger partial charge in [0.15, 0.2) is 11.6 Å². The van der Waals surface area contributed by atoms with Gasteiger partial charge in [0.05, 0.1) is 5.56 Å². The highest BCUT2D eigenvalue weighted by Gasteiger charge is 2.20. The summed E-state index contributed by atoms with van der Waals surface area (Å²) in [5.41, 5.74) is 6.22. The molecular formula is C8H8N4O. The van der Waals surface area contributed by atoms with Crippen molar-refractivity contribution in [2.75, 3.05) is 5.06 Å². The topological polar surface area (TPSA) is 74.7 Å². The quantitative estimate of drug-likeness (QED) is 0.602. The number of nitrogens with zero attached hydrogens (tertiary/aromatic N) is 3. The minimum Gasteiger partial charge on any atom is -0.383 e. The van der Waals surface area contributed by atoms with Crippen molar-refractivity contribution < 1.29 is 5.21 Å². The van der Waals surface area contributed by atoms with Crippen LogP contribution in [0.3, 0.4) is 0 Å². The molecule has 1 aliphatic heterocycles. The van der Waals surface area contributed by atoms with Crippen LogP contribution in [-0.4, -0.2) is 16.0 Å². The van der Waals surface area contributed by atoms with Crippen LogP contribution in [0.4, 0.5) is 5.82 Å².